The first-order valence-corrected chi connectivity index (χ1v) is 9.71. The molecule has 4 heteroatoms. The third-order valence-electron chi connectivity index (χ3n) is 5.96. The topological polar surface area (TPSA) is 40.5 Å². The lowest BCUT2D eigenvalue weighted by molar-refractivity contribution is -0.904. The van der Waals surface area contributed by atoms with Gasteiger partial charge in [-0.3, -0.25) is 4.79 Å². The van der Waals surface area contributed by atoms with Crippen LogP contribution in [0.4, 0.5) is 0 Å². The number of benzene rings is 1. The summed E-state index contributed by atoms with van der Waals surface area (Å²) in [5, 5.41) is 1.29. The molecule has 1 aromatic heterocycles. The summed E-state index contributed by atoms with van der Waals surface area (Å²) in [6, 6.07) is 6.56. The van der Waals surface area contributed by atoms with E-state index in [1.54, 1.807) is 0 Å². The third kappa shape index (κ3) is 3.32. The molecule has 0 spiro atoms. The number of piperidine rings is 1. The quantitative estimate of drug-likeness (QED) is 0.862. The Morgan fingerprint density at radius 2 is 2.04 bits per heavy atom. The van der Waals surface area contributed by atoms with Crippen molar-refractivity contribution in [2.75, 3.05) is 26.2 Å². The van der Waals surface area contributed by atoms with Crippen molar-refractivity contribution in [2.45, 2.75) is 40.2 Å². The third-order valence-corrected chi connectivity index (χ3v) is 5.96. The predicted molar refractivity (Wildman–Crippen MR) is 101 cm³/mol. The van der Waals surface area contributed by atoms with Gasteiger partial charge in [-0.2, -0.15) is 0 Å². The number of quaternary nitrogens is 1. The fraction of sp³-hybridized carbons (Fsp3) is 0.571. The van der Waals surface area contributed by atoms with Crippen LogP contribution in [0.3, 0.4) is 0 Å². The minimum absolute atomic E-state index is 0.323. The molecule has 134 valence electrons. The summed E-state index contributed by atoms with van der Waals surface area (Å²) in [6.07, 6.45) is 2.25. The minimum atomic E-state index is 0.323. The molecule has 2 aliphatic rings. The van der Waals surface area contributed by atoms with Crippen molar-refractivity contribution in [3.05, 3.63) is 35.0 Å². The van der Waals surface area contributed by atoms with Crippen LogP contribution in [0.15, 0.2) is 18.2 Å². The molecule has 0 bridgehead atoms. The average molecular weight is 340 g/mol. The number of hydrogen-bond donors (Lipinski definition) is 2. The van der Waals surface area contributed by atoms with E-state index in [1.807, 2.05) is 0 Å². The zero-order valence-electron chi connectivity index (χ0n) is 15.7. The zero-order chi connectivity index (χ0) is 17.6. The lowest BCUT2D eigenvalue weighted by atomic mass is 9.92. The number of aryl methyl sites for hydroxylation is 1. The van der Waals surface area contributed by atoms with Gasteiger partial charge in [0.05, 0.1) is 13.1 Å². The molecule has 1 aromatic carbocycles. The molecule has 1 unspecified atom stereocenters. The van der Waals surface area contributed by atoms with E-state index in [-0.39, 0.29) is 0 Å². The highest BCUT2D eigenvalue weighted by atomic mass is 16.2. The Bertz CT molecular complexity index is 784. The van der Waals surface area contributed by atoms with Crippen molar-refractivity contribution in [1.82, 2.24) is 9.88 Å². The Hall–Kier alpha value is -1.81. The van der Waals surface area contributed by atoms with Crippen molar-refractivity contribution < 1.29 is 9.69 Å². The maximum absolute atomic E-state index is 12.9. The number of nitrogens with one attached hydrogen (secondary N) is 2. The van der Waals surface area contributed by atoms with E-state index < -0.39 is 0 Å². The molecule has 4 nitrogen and oxygen atoms in total. The number of rotatable bonds is 2. The molecule has 25 heavy (non-hydrogen) atoms. The first-order chi connectivity index (χ1) is 12.0. The maximum atomic E-state index is 12.9. The van der Waals surface area contributed by atoms with E-state index in [4.69, 9.17) is 0 Å². The lowest BCUT2D eigenvalue weighted by Gasteiger charge is -2.34. The Morgan fingerprint density at radius 1 is 1.28 bits per heavy atom. The van der Waals surface area contributed by atoms with Crippen molar-refractivity contribution in [1.29, 1.82) is 0 Å². The minimum Gasteiger partial charge on any atom is -0.358 e. The van der Waals surface area contributed by atoms with Gasteiger partial charge < -0.3 is 14.8 Å². The maximum Gasteiger partial charge on any atom is 0.278 e. The summed E-state index contributed by atoms with van der Waals surface area (Å²) in [4.78, 5) is 20.0. The van der Waals surface area contributed by atoms with Crippen LogP contribution in [0.2, 0.25) is 0 Å². The molecule has 4 rings (SSSR count). The second kappa shape index (κ2) is 6.49. The number of likely N-dealkylation sites (tertiary alicyclic amines) is 1. The van der Waals surface area contributed by atoms with Crippen molar-refractivity contribution in [2.24, 2.45) is 11.8 Å². The van der Waals surface area contributed by atoms with E-state index >= 15 is 0 Å². The van der Waals surface area contributed by atoms with Crippen molar-refractivity contribution in [3.8, 4) is 0 Å². The molecule has 2 aliphatic heterocycles. The predicted octanol–water partition coefficient (Wildman–Crippen LogP) is 1.92. The van der Waals surface area contributed by atoms with E-state index in [0.717, 1.165) is 44.4 Å². The van der Waals surface area contributed by atoms with E-state index in [1.165, 1.54) is 39.0 Å². The molecule has 0 saturated carbocycles. The fourth-order valence-corrected chi connectivity index (χ4v) is 4.93. The van der Waals surface area contributed by atoms with Crippen LogP contribution in [0.1, 0.15) is 37.1 Å². The van der Waals surface area contributed by atoms with Crippen LogP contribution in [0, 0.1) is 18.8 Å². The highest BCUT2D eigenvalue weighted by Gasteiger charge is 2.30. The summed E-state index contributed by atoms with van der Waals surface area (Å²) in [5.41, 5.74) is 5.12. The van der Waals surface area contributed by atoms with Crippen LogP contribution >= 0.6 is 0 Å². The number of hydrogen-bond acceptors (Lipinski definition) is 1. The van der Waals surface area contributed by atoms with E-state index in [2.05, 4.69) is 48.9 Å². The van der Waals surface area contributed by atoms with Crippen LogP contribution in [-0.2, 0) is 17.8 Å². The SMILES string of the molecule is Cc1ccc2[nH]c3c(c2c1)CN(C(=O)C[NH+]1C[C@H](C)C[C@H](C)C1)CC3. The van der Waals surface area contributed by atoms with Crippen molar-refractivity contribution >= 4 is 16.8 Å². The molecular weight excluding hydrogens is 310 g/mol. The highest BCUT2D eigenvalue weighted by molar-refractivity contribution is 5.86. The first kappa shape index (κ1) is 16.6. The molecular formula is C21H30N3O+. The Morgan fingerprint density at radius 3 is 2.80 bits per heavy atom. The Labute approximate surface area is 150 Å². The monoisotopic (exact) mass is 340 g/mol. The van der Waals surface area contributed by atoms with Gasteiger partial charge in [0, 0.05) is 53.5 Å². The highest BCUT2D eigenvalue weighted by Crippen LogP contribution is 2.28. The molecule has 2 aromatic rings. The zero-order valence-corrected chi connectivity index (χ0v) is 15.7. The van der Waals surface area contributed by atoms with Gasteiger partial charge in [-0.25, -0.2) is 0 Å². The van der Waals surface area contributed by atoms with E-state index in [9.17, 15) is 4.79 Å². The molecule has 1 amide bonds. The summed E-state index contributed by atoms with van der Waals surface area (Å²) in [6.45, 7) is 11.3. The number of aromatic nitrogens is 1. The summed E-state index contributed by atoms with van der Waals surface area (Å²) in [5.74, 6) is 1.79. The van der Waals surface area contributed by atoms with Crippen molar-refractivity contribution in [3.63, 3.8) is 0 Å². The number of H-pyrrole nitrogens is 1. The molecule has 1 saturated heterocycles. The molecule has 3 atom stereocenters. The second-order valence-corrected chi connectivity index (χ2v) is 8.48. The first-order valence-electron chi connectivity index (χ1n) is 9.71. The van der Waals surface area contributed by atoms with Gasteiger partial charge in [-0.1, -0.05) is 25.5 Å². The molecule has 3 heterocycles. The van der Waals surface area contributed by atoms with Gasteiger partial charge in [0.2, 0.25) is 0 Å². The second-order valence-electron chi connectivity index (χ2n) is 8.48. The summed E-state index contributed by atoms with van der Waals surface area (Å²) < 4.78 is 0. The number of aromatic amines is 1. The van der Waals surface area contributed by atoms with E-state index in [0.29, 0.717) is 12.5 Å². The number of nitrogens with zero attached hydrogens (tertiary/aromatic N) is 1. The van der Waals surface area contributed by atoms with Gasteiger partial charge in [0.15, 0.2) is 6.54 Å². The summed E-state index contributed by atoms with van der Waals surface area (Å²) in [7, 11) is 0. The average Bonchev–Trinajstić information content (AvgIpc) is 2.91. The van der Waals surface area contributed by atoms with Crippen LogP contribution < -0.4 is 4.90 Å². The number of carbonyl (C=O) groups excluding carboxylic acids is 1. The largest absolute Gasteiger partial charge is 0.358 e. The molecule has 0 radical (unpaired) electrons. The fourth-order valence-electron chi connectivity index (χ4n) is 4.93. The van der Waals surface area contributed by atoms with Crippen LogP contribution in [0.25, 0.3) is 10.9 Å². The standard InChI is InChI=1S/C21H29N3O/c1-14-4-5-19-17(9-14)18-12-24(7-6-20(18)22-19)21(25)13-23-10-15(2)8-16(3)11-23/h4-5,9,15-16,22H,6-8,10-13H2,1-3H3/p+1/t15-,16+. The smallest absolute Gasteiger partial charge is 0.278 e. The van der Waals surface area contributed by atoms with Gasteiger partial charge in [-0.05, 0) is 25.5 Å². The van der Waals surface area contributed by atoms with Gasteiger partial charge >= 0.3 is 0 Å². The van der Waals surface area contributed by atoms with Gasteiger partial charge in [0.25, 0.3) is 5.91 Å². The molecule has 2 N–H and O–H groups in total. The van der Waals surface area contributed by atoms with Gasteiger partial charge in [-0.15, -0.1) is 0 Å². The lowest BCUT2D eigenvalue weighted by Crippen LogP contribution is -3.15. The molecule has 1 fully saturated rings. The Kier molecular flexibility index (Phi) is 4.32. The van der Waals surface area contributed by atoms with Gasteiger partial charge in [0.1, 0.15) is 0 Å². The normalized spacial score (nSPS) is 26.7. The number of amides is 1. The molecule has 0 aliphatic carbocycles. The number of fused-ring (bicyclic) bond motifs is 3. The van der Waals surface area contributed by atoms with Crippen LogP contribution in [0.5, 0.6) is 0 Å². The summed E-state index contributed by atoms with van der Waals surface area (Å²) >= 11 is 0. The Balaban J connectivity index is 1.49. The number of carbonyl (C=O) groups is 1. The van der Waals surface area contributed by atoms with Crippen LogP contribution in [-0.4, -0.2) is 42.0 Å².